The first kappa shape index (κ1) is 32.2. The van der Waals surface area contributed by atoms with Crippen molar-refractivity contribution in [3.8, 4) is 0 Å². The van der Waals surface area contributed by atoms with E-state index in [1.807, 2.05) is 31.3 Å². The van der Waals surface area contributed by atoms with Crippen LogP contribution in [0.25, 0.3) is 10.9 Å². The molecular formula is C37H53N5O2. The lowest BCUT2D eigenvalue weighted by atomic mass is 9.91. The van der Waals surface area contributed by atoms with Gasteiger partial charge in [-0.05, 0) is 91.9 Å². The fraction of sp³-hybridized carbons (Fsp3) is 0.568. The number of piperidine rings is 2. The molecule has 2 atom stereocenters. The summed E-state index contributed by atoms with van der Waals surface area (Å²) in [4.78, 5) is 35.7. The van der Waals surface area contributed by atoms with Crippen LogP contribution in [0.15, 0.2) is 42.6 Å². The van der Waals surface area contributed by atoms with Crippen LogP contribution in [0.3, 0.4) is 0 Å². The van der Waals surface area contributed by atoms with Crippen molar-refractivity contribution >= 4 is 22.7 Å². The number of H-pyrrole nitrogens is 1. The average Bonchev–Trinajstić information content (AvgIpc) is 3.50. The molecule has 0 bridgehead atoms. The minimum atomic E-state index is -0.682. The summed E-state index contributed by atoms with van der Waals surface area (Å²) in [5.74, 6) is -0.433. The van der Waals surface area contributed by atoms with Crippen LogP contribution in [-0.2, 0) is 35.4 Å². The van der Waals surface area contributed by atoms with Gasteiger partial charge in [-0.3, -0.25) is 14.5 Å². The number of benzene rings is 2. The van der Waals surface area contributed by atoms with Crippen molar-refractivity contribution in [1.82, 2.24) is 25.4 Å². The normalized spacial score (nSPS) is 18.3. The Hall–Kier alpha value is -3.16. The molecule has 2 aliphatic rings. The van der Waals surface area contributed by atoms with Gasteiger partial charge in [-0.1, -0.05) is 64.4 Å². The maximum absolute atomic E-state index is 13.9. The van der Waals surface area contributed by atoms with Crippen molar-refractivity contribution in [3.05, 3.63) is 70.4 Å². The van der Waals surface area contributed by atoms with Crippen molar-refractivity contribution in [2.45, 2.75) is 104 Å². The molecule has 0 saturated carbocycles. The van der Waals surface area contributed by atoms with Crippen LogP contribution in [0.5, 0.6) is 0 Å². The Kier molecular flexibility index (Phi) is 11.2. The number of aromatic amines is 1. The maximum atomic E-state index is 13.9. The molecule has 0 spiro atoms. The molecule has 2 amide bonds. The van der Waals surface area contributed by atoms with E-state index in [0.29, 0.717) is 19.1 Å². The number of hydrogen-bond donors (Lipinski definition) is 3. The molecule has 44 heavy (non-hydrogen) atoms. The largest absolute Gasteiger partial charge is 0.361 e. The van der Waals surface area contributed by atoms with Crippen LogP contribution in [0.2, 0.25) is 0 Å². The number of nitrogens with one attached hydrogen (secondary N) is 3. The fourth-order valence-electron chi connectivity index (χ4n) is 7.57. The van der Waals surface area contributed by atoms with E-state index in [9.17, 15) is 9.59 Å². The summed E-state index contributed by atoms with van der Waals surface area (Å²) in [6, 6.07) is 12.6. The zero-order valence-electron chi connectivity index (χ0n) is 27.4. The number of aromatic nitrogens is 1. The van der Waals surface area contributed by atoms with Crippen molar-refractivity contribution in [2.24, 2.45) is 0 Å². The summed E-state index contributed by atoms with van der Waals surface area (Å²) in [6.45, 7) is 13.7. The molecule has 2 aromatic carbocycles. The third-order valence-electron chi connectivity index (χ3n) is 10.1. The molecule has 2 aliphatic heterocycles. The summed E-state index contributed by atoms with van der Waals surface area (Å²) in [7, 11) is 0. The number of rotatable bonds is 12. The van der Waals surface area contributed by atoms with E-state index in [1.54, 1.807) is 0 Å². The van der Waals surface area contributed by atoms with Gasteiger partial charge in [0.15, 0.2) is 0 Å². The van der Waals surface area contributed by atoms with Gasteiger partial charge in [0.05, 0.1) is 6.54 Å². The van der Waals surface area contributed by atoms with E-state index >= 15 is 0 Å². The van der Waals surface area contributed by atoms with Gasteiger partial charge in [0.1, 0.15) is 6.04 Å². The van der Waals surface area contributed by atoms with Crippen LogP contribution in [0.1, 0.15) is 93.5 Å². The van der Waals surface area contributed by atoms with Crippen molar-refractivity contribution < 1.29 is 9.59 Å². The van der Waals surface area contributed by atoms with Gasteiger partial charge >= 0.3 is 0 Å². The Morgan fingerprint density at radius 3 is 2.27 bits per heavy atom. The van der Waals surface area contributed by atoms with Crippen LogP contribution in [0.4, 0.5) is 0 Å². The summed E-state index contributed by atoms with van der Waals surface area (Å²) in [6.07, 6.45) is 11.1. The molecule has 0 radical (unpaired) electrons. The second-order valence-corrected chi connectivity index (χ2v) is 12.9. The molecule has 2 fully saturated rings. The predicted octanol–water partition coefficient (Wildman–Crippen LogP) is 5.71. The highest BCUT2D eigenvalue weighted by atomic mass is 16.2. The molecule has 7 heteroatoms. The third kappa shape index (κ3) is 7.55. The highest BCUT2D eigenvalue weighted by Gasteiger charge is 2.31. The van der Waals surface area contributed by atoms with Crippen LogP contribution >= 0.6 is 0 Å². The van der Waals surface area contributed by atoms with E-state index in [-0.39, 0.29) is 17.7 Å². The predicted molar refractivity (Wildman–Crippen MR) is 180 cm³/mol. The van der Waals surface area contributed by atoms with Gasteiger partial charge in [-0.2, -0.15) is 0 Å². The van der Waals surface area contributed by atoms with Crippen LogP contribution in [-0.4, -0.2) is 71.4 Å². The minimum Gasteiger partial charge on any atom is -0.361 e. The van der Waals surface area contributed by atoms with E-state index in [2.05, 4.69) is 64.4 Å². The first-order valence-corrected chi connectivity index (χ1v) is 17.1. The molecule has 2 unspecified atom stereocenters. The number of amides is 2. The maximum Gasteiger partial charge on any atom is 0.243 e. The van der Waals surface area contributed by atoms with Gasteiger partial charge in [-0.25, -0.2) is 0 Å². The Balaban J connectivity index is 1.27. The quantitative estimate of drug-likeness (QED) is 0.249. The van der Waals surface area contributed by atoms with Crippen LogP contribution in [0, 0.1) is 0 Å². The Bertz CT molecular complexity index is 1370. The fourth-order valence-corrected chi connectivity index (χ4v) is 7.57. The molecule has 2 saturated heterocycles. The number of likely N-dealkylation sites (tertiary alicyclic amines) is 2. The summed E-state index contributed by atoms with van der Waals surface area (Å²) in [5, 5.41) is 7.46. The van der Waals surface area contributed by atoms with Gasteiger partial charge in [0.2, 0.25) is 11.8 Å². The van der Waals surface area contributed by atoms with Crippen molar-refractivity contribution in [2.75, 3.05) is 32.7 Å². The van der Waals surface area contributed by atoms with Crippen molar-refractivity contribution in [1.29, 1.82) is 0 Å². The van der Waals surface area contributed by atoms with Crippen molar-refractivity contribution in [3.63, 3.8) is 0 Å². The number of carbonyl (C=O) groups excluding carboxylic acids is 2. The molecular weight excluding hydrogens is 546 g/mol. The monoisotopic (exact) mass is 599 g/mol. The van der Waals surface area contributed by atoms with E-state index in [1.165, 1.54) is 49.0 Å². The SMILES string of the molecule is CCc1cc(CNC(=O)C(NC(=O)CN2CCC(N3CCCCC3)CC2)C(C)c2c[nH]c3ccccc23)cc(CC)c1CC. The molecule has 1 aromatic heterocycles. The van der Waals surface area contributed by atoms with E-state index in [0.717, 1.165) is 67.2 Å². The molecule has 3 aromatic rings. The third-order valence-corrected chi connectivity index (χ3v) is 10.1. The van der Waals surface area contributed by atoms with Crippen LogP contribution < -0.4 is 10.6 Å². The summed E-state index contributed by atoms with van der Waals surface area (Å²) in [5.41, 5.74) is 7.34. The molecule has 238 valence electrons. The molecule has 0 aliphatic carbocycles. The second kappa shape index (κ2) is 15.2. The minimum absolute atomic E-state index is 0.0814. The number of para-hydroxylation sites is 1. The van der Waals surface area contributed by atoms with Gasteiger partial charge in [-0.15, -0.1) is 0 Å². The number of hydrogen-bond acceptors (Lipinski definition) is 4. The Morgan fingerprint density at radius 1 is 0.932 bits per heavy atom. The Morgan fingerprint density at radius 2 is 1.61 bits per heavy atom. The van der Waals surface area contributed by atoms with E-state index < -0.39 is 6.04 Å². The smallest absolute Gasteiger partial charge is 0.243 e. The van der Waals surface area contributed by atoms with Gasteiger partial charge in [0, 0.05) is 48.7 Å². The zero-order valence-corrected chi connectivity index (χ0v) is 27.4. The lowest BCUT2D eigenvalue weighted by Crippen LogP contribution is -2.53. The second-order valence-electron chi connectivity index (χ2n) is 12.9. The van der Waals surface area contributed by atoms with Gasteiger partial charge < -0.3 is 20.5 Å². The molecule has 7 nitrogen and oxygen atoms in total. The summed E-state index contributed by atoms with van der Waals surface area (Å²) < 4.78 is 0. The highest BCUT2D eigenvalue weighted by molar-refractivity contribution is 5.91. The number of carbonyl (C=O) groups is 2. The van der Waals surface area contributed by atoms with E-state index in [4.69, 9.17) is 0 Å². The first-order chi connectivity index (χ1) is 21.4. The zero-order chi connectivity index (χ0) is 31.1. The average molecular weight is 600 g/mol. The standard InChI is InChI=1S/C37H53N5O2/c1-5-28-21-27(22-29(6-2)31(28)7-3)23-39-37(44)36(26(4)33-24-38-34-14-10-9-13-32(33)34)40-35(43)25-41-19-15-30(16-20-41)42-17-11-8-12-18-42/h9-10,13-14,21-22,24,26,30,36,38H,5-8,11-12,15-20,23,25H2,1-4H3,(H,39,44)(H,40,43). The lowest BCUT2D eigenvalue weighted by molar-refractivity contribution is -0.130. The summed E-state index contributed by atoms with van der Waals surface area (Å²) >= 11 is 0. The lowest BCUT2D eigenvalue weighted by Gasteiger charge is -2.40. The number of aryl methyl sites for hydroxylation is 2. The number of nitrogens with zero attached hydrogens (tertiary/aromatic N) is 2. The topological polar surface area (TPSA) is 80.5 Å². The highest BCUT2D eigenvalue weighted by Crippen LogP contribution is 2.28. The molecule has 3 N–H and O–H groups in total. The Labute approximate surface area is 264 Å². The van der Waals surface area contributed by atoms with Gasteiger partial charge in [0.25, 0.3) is 0 Å². The molecule has 5 rings (SSSR count). The first-order valence-electron chi connectivity index (χ1n) is 17.1. The number of fused-ring (bicyclic) bond motifs is 1. The molecule has 3 heterocycles.